The summed E-state index contributed by atoms with van der Waals surface area (Å²) in [6.45, 7) is 11.0. The van der Waals surface area contributed by atoms with Gasteiger partial charge in [0.2, 0.25) is 0 Å². The first-order valence-electron chi connectivity index (χ1n) is 7.15. The second kappa shape index (κ2) is 6.39. The Hall–Kier alpha value is -0.800. The van der Waals surface area contributed by atoms with Gasteiger partial charge in [0, 0.05) is 19.1 Å². The number of hydrogen-bond acceptors (Lipinski definition) is 3. The van der Waals surface area contributed by atoms with Crippen LogP contribution in [0.3, 0.4) is 0 Å². The van der Waals surface area contributed by atoms with Crippen LogP contribution in [0.25, 0.3) is 0 Å². The molecule has 1 aliphatic rings. The standard InChI is InChI=1S/C15H26N2O/c1-12-5-4-8-17(11-12)13(2)9-16-10-15-7-6-14(3)18-15/h6-7,12-13,16H,4-5,8-11H2,1-3H3. The fourth-order valence-corrected chi connectivity index (χ4v) is 2.74. The Morgan fingerprint density at radius 2 is 2.33 bits per heavy atom. The van der Waals surface area contributed by atoms with E-state index in [1.54, 1.807) is 0 Å². The molecule has 3 nitrogen and oxygen atoms in total. The molecule has 0 saturated carbocycles. The van der Waals surface area contributed by atoms with E-state index in [2.05, 4.69) is 30.1 Å². The summed E-state index contributed by atoms with van der Waals surface area (Å²) in [5.74, 6) is 2.88. The highest BCUT2D eigenvalue weighted by molar-refractivity contribution is 5.05. The van der Waals surface area contributed by atoms with Gasteiger partial charge in [0.05, 0.1) is 6.54 Å². The Balaban J connectivity index is 1.69. The van der Waals surface area contributed by atoms with Gasteiger partial charge < -0.3 is 9.73 Å². The van der Waals surface area contributed by atoms with E-state index in [4.69, 9.17) is 4.42 Å². The molecule has 1 aromatic rings. The van der Waals surface area contributed by atoms with Crippen molar-refractivity contribution in [2.75, 3.05) is 19.6 Å². The van der Waals surface area contributed by atoms with Crippen LogP contribution in [0, 0.1) is 12.8 Å². The fourth-order valence-electron chi connectivity index (χ4n) is 2.74. The molecule has 0 bridgehead atoms. The van der Waals surface area contributed by atoms with Crippen LogP contribution >= 0.6 is 0 Å². The molecule has 0 amide bonds. The van der Waals surface area contributed by atoms with Crippen LogP contribution in [0.15, 0.2) is 16.5 Å². The Morgan fingerprint density at radius 3 is 3.00 bits per heavy atom. The average molecular weight is 250 g/mol. The third kappa shape index (κ3) is 3.85. The van der Waals surface area contributed by atoms with Crippen LogP contribution in [-0.4, -0.2) is 30.6 Å². The number of furan rings is 1. The summed E-state index contributed by atoms with van der Waals surface area (Å²) >= 11 is 0. The molecule has 1 fully saturated rings. The van der Waals surface area contributed by atoms with Crippen LogP contribution in [0.4, 0.5) is 0 Å². The molecule has 2 unspecified atom stereocenters. The summed E-state index contributed by atoms with van der Waals surface area (Å²) in [5, 5.41) is 3.49. The van der Waals surface area contributed by atoms with Crippen molar-refractivity contribution in [3.8, 4) is 0 Å². The highest BCUT2D eigenvalue weighted by Crippen LogP contribution is 2.17. The van der Waals surface area contributed by atoms with Gasteiger partial charge in [0.15, 0.2) is 0 Å². The number of aryl methyl sites for hydroxylation is 1. The summed E-state index contributed by atoms with van der Waals surface area (Å²) < 4.78 is 5.55. The summed E-state index contributed by atoms with van der Waals surface area (Å²) in [4.78, 5) is 2.61. The first-order valence-corrected chi connectivity index (χ1v) is 7.15. The van der Waals surface area contributed by atoms with E-state index in [0.29, 0.717) is 6.04 Å². The monoisotopic (exact) mass is 250 g/mol. The maximum absolute atomic E-state index is 5.55. The SMILES string of the molecule is Cc1ccc(CNCC(C)N2CCCC(C)C2)o1. The molecule has 2 atom stereocenters. The Bertz CT molecular complexity index is 361. The summed E-state index contributed by atoms with van der Waals surface area (Å²) in [7, 11) is 0. The molecular formula is C15H26N2O. The molecule has 1 saturated heterocycles. The minimum atomic E-state index is 0.615. The number of rotatable bonds is 5. The highest BCUT2D eigenvalue weighted by atomic mass is 16.3. The zero-order chi connectivity index (χ0) is 13.0. The number of likely N-dealkylation sites (tertiary alicyclic amines) is 1. The zero-order valence-electron chi connectivity index (χ0n) is 11.9. The molecule has 1 N–H and O–H groups in total. The van der Waals surface area contributed by atoms with Gasteiger partial charge in [-0.05, 0) is 51.3 Å². The maximum atomic E-state index is 5.55. The van der Waals surface area contributed by atoms with Crippen LogP contribution in [0.5, 0.6) is 0 Å². The fraction of sp³-hybridized carbons (Fsp3) is 0.733. The molecule has 1 aliphatic heterocycles. The van der Waals surface area contributed by atoms with Crippen molar-refractivity contribution in [2.45, 2.75) is 46.2 Å². The van der Waals surface area contributed by atoms with Gasteiger partial charge in [0.25, 0.3) is 0 Å². The quantitative estimate of drug-likeness (QED) is 0.871. The maximum Gasteiger partial charge on any atom is 0.117 e. The van der Waals surface area contributed by atoms with Crippen LogP contribution < -0.4 is 5.32 Å². The Morgan fingerprint density at radius 1 is 1.50 bits per heavy atom. The first kappa shape index (κ1) is 13.6. The molecule has 0 aromatic carbocycles. The molecule has 0 radical (unpaired) electrons. The van der Waals surface area contributed by atoms with Gasteiger partial charge in [-0.1, -0.05) is 6.92 Å². The van der Waals surface area contributed by atoms with Crippen LogP contribution in [-0.2, 0) is 6.54 Å². The van der Waals surface area contributed by atoms with E-state index in [-0.39, 0.29) is 0 Å². The number of nitrogens with one attached hydrogen (secondary N) is 1. The molecule has 1 aromatic heterocycles. The van der Waals surface area contributed by atoms with Gasteiger partial charge in [-0.15, -0.1) is 0 Å². The lowest BCUT2D eigenvalue weighted by Crippen LogP contribution is -2.45. The normalized spacial score (nSPS) is 23.2. The smallest absolute Gasteiger partial charge is 0.117 e. The molecule has 0 spiro atoms. The number of hydrogen-bond donors (Lipinski definition) is 1. The second-order valence-corrected chi connectivity index (χ2v) is 5.73. The molecule has 18 heavy (non-hydrogen) atoms. The van der Waals surface area contributed by atoms with E-state index < -0.39 is 0 Å². The van der Waals surface area contributed by atoms with E-state index in [1.165, 1.54) is 25.9 Å². The van der Waals surface area contributed by atoms with Gasteiger partial charge in [-0.3, -0.25) is 4.90 Å². The lowest BCUT2D eigenvalue weighted by atomic mass is 9.99. The van der Waals surface area contributed by atoms with Crippen LogP contribution in [0.1, 0.15) is 38.2 Å². The zero-order valence-corrected chi connectivity index (χ0v) is 11.9. The molecule has 2 heterocycles. The third-order valence-electron chi connectivity index (χ3n) is 3.85. The Kier molecular flexibility index (Phi) is 4.84. The van der Waals surface area contributed by atoms with Crippen molar-refractivity contribution in [1.82, 2.24) is 10.2 Å². The highest BCUT2D eigenvalue weighted by Gasteiger charge is 2.20. The molecular weight excluding hydrogens is 224 g/mol. The van der Waals surface area contributed by atoms with Crippen molar-refractivity contribution in [1.29, 1.82) is 0 Å². The van der Waals surface area contributed by atoms with Gasteiger partial charge in [-0.2, -0.15) is 0 Å². The predicted octanol–water partition coefficient (Wildman–Crippen LogP) is 2.80. The van der Waals surface area contributed by atoms with Crippen LogP contribution in [0.2, 0.25) is 0 Å². The van der Waals surface area contributed by atoms with Crippen molar-refractivity contribution >= 4 is 0 Å². The lowest BCUT2D eigenvalue weighted by Gasteiger charge is -2.35. The van der Waals surface area contributed by atoms with E-state index in [9.17, 15) is 0 Å². The number of nitrogens with zero attached hydrogens (tertiary/aromatic N) is 1. The van der Waals surface area contributed by atoms with E-state index in [1.807, 2.05) is 13.0 Å². The molecule has 3 heteroatoms. The van der Waals surface area contributed by atoms with Gasteiger partial charge in [0.1, 0.15) is 11.5 Å². The summed E-state index contributed by atoms with van der Waals surface area (Å²) in [6, 6.07) is 4.69. The van der Waals surface area contributed by atoms with E-state index in [0.717, 1.165) is 30.5 Å². The minimum Gasteiger partial charge on any atom is -0.465 e. The van der Waals surface area contributed by atoms with Crippen molar-refractivity contribution in [3.63, 3.8) is 0 Å². The first-order chi connectivity index (χ1) is 8.65. The number of piperidine rings is 1. The summed E-state index contributed by atoms with van der Waals surface area (Å²) in [5.41, 5.74) is 0. The Labute approximate surface area is 111 Å². The molecule has 2 rings (SSSR count). The largest absolute Gasteiger partial charge is 0.465 e. The van der Waals surface area contributed by atoms with Gasteiger partial charge >= 0.3 is 0 Å². The third-order valence-corrected chi connectivity index (χ3v) is 3.85. The molecule has 102 valence electrons. The summed E-state index contributed by atoms with van der Waals surface area (Å²) in [6.07, 6.45) is 2.74. The lowest BCUT2D eigenvalue weighted by molar-refractivity contribution is 0.136. The van der Waals surface area contributed by atoms with E-state index >= 15 is 0 Å². The van der Waals surface area contributed by atoms with Gasteiger partial charge in [-0.25, -0.2) is 0 Å². The van der Waals surface area contributed by atoms with Crippen molar-refractivity contribution < 1.29 is 4.42 Å². The second-order valence-electron chi connectivity index (χ2n) is 5.73. The minimum absolute atomic E-state index is 0.615. The topological polar surface area (TPSA) is 28.4 Å². The van der Waals surface area contributed by atoms with Crippen molar-refractivity contribution in [3.05, 3.63) is 23.7 Å². The average Bonchev–Trinajstić information content (AvgIpc) is 2.75. The molecule has 0 aliphatic carbocycles. The predicted molar refractivity (Wildman–Crippen MR) is 74.6 cm³/mol. The van der Waals surface area contributed by atoms with Crippen molar-refractivity contribution in [2.24, 2.45) is 5.92 Å².